The fourth-order valence-electron chi connectivity index (χ4n) is 2.73. The van der Waals surface area contributed by atoms with Gasteiger partial charge in [-0.2, -0.15) is 0 Å². The van der Waals surface area contributed by atoms with Gasteiger partial charge in [0.25, 0.3) is 0 Å². The van der Waals surface area contributed by atoms with Crippen LogP contribution in [-0.2, 0) is 6.54 Å². The summed E-state index contributed by atoms with van der Waals surface area (Å²) in [6.07, 6.45) is 3.91. The molecule has 1 atom stereocenters. The molecule has 1 aromatic carbocycles. The standard InChI is InChI=1S/C16H25N3O/c1-2-19(12-15-5-3-4-10-18-15)11-13-6-8-14(9-7-13)16(17)20/h6-9,15,18H,2-5,10-12H2,1H3,(H2,17,20). The summed E-state index contributed by atoms with van der Waals surface area (Å²) in [6, 6.07) is 8.23. The van der Waals surface area contributed by atoms with Crippen LogP contribution in [0.3, 0.4) is 0 Å². The molecule has 0 radical (unpaired) electrons. The first-order valence-electron chi connectivity index (χ1n) is 7.53. The van der Waals surface area contributed by atoms with Crippen molar-refractivity contribution in [2.75, 3.05) is 19.6 Å². The van der Waals surface area contributed by atoms with E-state index in [2.05, 4.69) is 17.1 Å². The van der Waals surface area contributed by atoms with Crippen molar-refractivity contribution in [1.82, 2.24) is 10.2 Å². The number of rotatable bonds is 6. The molecule has 3 N–H and O–H groups in total. The summed E-state index contributed by atoms with van der Waals surface area (Å²) in [6.45, 7) is 6.40. The molecule has 0 aromatic heterocycles. The number of amides is 1. The van der Waals surface area contributed by atoms with Gasteiger partial charge in [0.05, 0.1) is 0 Å². The van der Waals surface area contributed by atoms with Gasteiger partial charge in [0.1, 0.15) is 0 Å². The third-order valence-corrected chi connectivity index (χ3v) is 3.98. The molecule has 20 heavy (non-hydrogen) atoms. The predicted molar refractivity (Wildman–Crippen MR) is 81.6 cm³/mol. The first-order valence-corrected chi connectivity index (χ1v) is 7.53. The third kappa shape index (κ3) is 4.32. The lowest BCUT2D eigenvalue weighted by atomic mass is 10.0. The maximum absolute atomic E-state index is 11.1. The first kappa shape index (κ1) is 15.0. The van der Waals surface area contributed by atoms with Crippen LogP contribution in [0.5, 0.6) is 0 Å². The average Bonchev–Trinajstić information content (AvgIpc) is 2.48. The topological polar surface area (TPSA) is 58.4 Å². The van der Waals surface area contributed by atoms with Gasteiger partial charge in [-0.05, 0) is 43.6 Å². The van der Waals surface area contributed by atoms with Crippen LogP contribution in [-0.4, -0.2) is 36.5 Å². The molecule has 0 aliphatic carbocycles. The Labute approximate surface area is 121 Å². The molecule has 1 saturated heterocycles. The monoisotopic (exact) mass is 275 g/mol. The summed E-state index contributed by atoms with van der Waals surface area (Å²) in [7, 11) is 0. The molecule has 0 bridgehead atoms. The number of hydrogen-bond donors (Lipinski definition) is 2. The SMILES string of the molecule is CCN(Cc1ccc(C(N)=O)cc1)CC1CCCCN1. The van der Waals surface area contributed by atoms with Gasteiger partial charge in [-0.25, -0.2) is 0 Å². The highest BCUT2D eigenvalue weighted by atomic mass is 16.1. The number of carbonyl (C=O) groups excluding carboxylic acids is 1. The fourth-order valence-corrected chi connectivity index (χ4v) is 2.73. The van der Waals surface area contributed by atoms with E-state index in [1.807, 2.05) is 24.3 Å². The number of benzene rings is 1. The molecule has 0 spiro atoms. The largest absolute Gasteiger partial charge is 0.366 e. The van der Waals surface area contributed by atoms with E-state index in [1.165, 1.54) is 24.8 Å². The fraction of sp³-hybridized carbons (Fsp3) is 0.562. The lowest BCUT2D eigenvalue weighted by Crippen LogP contribution is -2.43. The summed E-state index contributed by atoms with van der Waals surface area (Å²) in [5.74, 6) is -0.365. The molecule has 1 amide bonds. The summed E-state index contributed by atoms with van der Waals surface area (Å²) < 4.78 is 0. The molecule has 2 rings (SSSR count). The zero-order valence-corrected chi connectivity index (χ0v) is 12.3. The molecule has 110 valence electrons. The van der Waals surface area contributed by atoms with Gasteiger partial charge in [-0.1, -0.05) is 25.5 Å². The van der Waals surface area contributed by atoms with Crippen molar-refractivity contribution in [1.29, 1.82) is 0 Å². The smallest absolute Gasteiger partial charge is 0.248 e. The second kappa shape index (κ2) is 7.41. The van der Waals surface area contributed by atoms with E-state index in [0.29, 0.717) is 11.6 Å². The van der Waals surface area contributed by atoms with Crippen LogP contribution >= 0.6 is 0 Å². The van der Waals surface area contributed by atoms with E-state index in [1.54, 1.807) is 0 Å². The highest BCUT2D eigenvalue weighted by Crippen LogP contribution is 2.12. The van der Waals surface area contributed by atoms with E-state index in [-0.39, 0.29) is 5.91 Å². The Morgan fingerprint density at radius 2 is 2.10 bits per heavy atom. The first-order chi connectivity index (χ1) is 9.69. The molecule has 1 aliphatic rings. The van der Waals surface area contributed by atoms with Crippen LogP contribution in [0, 0.1) is 0 Å². The van der Waals surface area contributed by atoms with Gasteiger partial charge in [-0.3, -0.25) is 9.69 Å². The highest BCUT2D eigenvalue weighted by Gasteiger charge is 2.15. The molecule has 0 saturated carbocycles. The molecule has 1 aromatic rings. The van der Waals surface area contributed by atoms with Gasteiger partial charge in [0, 0.05) is 24.7 Å². The number of nitrogens with one attached hydrogen (secondary N) is 1. The third-order valence-electron chi connectivity index (χ3n) is 3.98. The summed E-state index contributed by atoms with van der Waals surface area (Å²) in [5.41, 5.74) is 7.06. The summed E-state index contributed by atoms with van der Waals surface area (Å²) in [5, 5.41) is 3.59. The van der Waals surface area contributed by atoms with Gasteiger partial charge < -0.3 is 11.1 Å². The summed E-state index contributed by atoms with van der Waals surface area (Å²) in [4.78, 5) is 13.5. The Morgan fingerprint density at radius 1 is 1.35 bits per heavy atom. The predicted octanol–water partition coefficient (Wildman–Crippen LogP) is 1.75. The van der Waals surface area contributed by atoms with Gasteiger partial charge in [0.2, 0.25) is 5.91 Å². The minimum Gasteiger partial charge on any atom is -0.366 e. The zero-order valence-electron chi connectivity index (χ0n) is 12.3. The van der Waals surface area contributed by atoms with Gasteiger partial charge in [0.15, 0.2) is 0 Å². The van der Waals surface area contributed by atoms with Crippen LogP contribution in [0.4, 0.5) is 0 Å². The van der Waals surface area contributed by atoms with Crippen molar-refractivity contribution in [3.05, 3.63) is 35.4 Å². The van der Waals surface area contributed by atoms with Crippen LogP contribution < -0.4 is 11.1 Å². The number of nitrogens with two attached hydrogens (primary N) is 1. The van der Waals surface area contributed by atoms with Crippen LogP contribution in [0.25, 0.3) is 0 Å². The molecular formula is C16H25N3O. The maximum atomic E-state index is 11.1. The second-order valence-electron chi connectivity index (χ2n) is 5.54. The average molecular weight is 275 g/mol. The van der Waals surface area contributed by atoms with Gasteiger partial charge in [-0.15, -0.1) is 0 Å². The van der Waals surface area contributed by atoms with E-state index in [4.69, 9.17) is 5.73 Å². The minimum atomic E-state index is -0.365. The number of likely N-dealkylation sites (N-methyl/N-ethyl adjacent to an activating group) is 1. The van der Waals surface area contributed by atoms with Crippen LogP contribution in [0.2, 0.25) is 0 Å². The Hall–Kier alpha value is -1.39. The molecule has 1 aliphatic heterocycles. The maximum Gasteiger partial charge on any atom is 0.248 e. The number of piperidine rings is 1. The number of primary amides is 1. The van der Waals surface area contributed by atoms with Crippen molar-refractivity contribution in [3.8, 4) is 0 Å². The van der Waals surface area contributed by atoms with Crippen molar-refractivity contribution in [2.24, 2.45) is 5.73 Å². The second-order valence-corrected chi connectivity index (χ2v) is 5.54. The molecule has 1 heterocycles. The Kier molecular flexibility index (Phi) is 5.56. The normalized spacial score (nSPS) is 19.2. The van der Waals surface area contributed by atoms with E-state index < -0.39 is 0 Å². The van der Waals surface area contributed by atoms with E-state index >= 15 is 0 Å². The molecule has 1 unspecified atom stereocenters. The number of hydrogen-bond acceptors (Lipinski definition) is 3. The van der Waals surface area contributed by atoms with E-state index in [0.717, 1.165) is 26.2 Å². The molecule has 4 nitrogen and oxygen atoms in total. The van der Waals surface area contributed by atoms with Crippen molar-refractivity contribution < 1.29 is 4.79 Å². The van der Waals surface area contributed by atoms with Gasteiger partial charge >= 0.3 is 0 Å². The Morgan fingerprint density at radius 3 is 2.65 bits per heavy atom. The highest BCUT2D eigenvalue weighted by molar-refractivity contribution is 5.92. The molecular weight excluding hydrogens is 250 g/mol. The molecule has 1 fully saturated rings. The lowest BCUT2D eigenvalue weighted by Gasteiger charge is -2.30. The minimum absolute atomic E-state index is 0.365. The molecule has 4 heteroatoms. The van der Waals surface area contributed by atoms with E-state index in [9.17, 15) is 4.79 Å². The summed E-state index contributed by atoms with van der Waals surface area (Å²) >= 11 is 0. The van der Waals surface area contributed by atoms with Crippen molar-refractivity contribution in [2.45, 2.75) is 38.8 Å². The van der Waals surface area contributed by atoms with Crippen LogP contribution in [0.1, 0.15) is 42.1 Å². The van der Waals surface area contributed by atoms with Crippen LogP contribution in [0.15, 0.2) is 24.3 Å². The quantitative estimate of drug-likeness (QED) is 0.831. The lowest BCUT2D eigenvalue weighted by molar-refractivity contribution is 0.100. The zero-order chi connectivity index (χ0) is 14.4. The Bertz CT molecular complexity index is 424. The van der Waals surface area contributed by atoms with Crippen molar-refractivity contribution >= 4 is 5.91 Å². The Balaban J connectivity index is 1.89. The number of carbonyl (C=O) groups is 1. The van der Waals surface area contributed by atoms with Crippen molar-refractivity contribution in [3.63, 3.8) is 0 Å². The number of nitrogens with zero attached hydrogens (tertiary/aromatic N) is 1.